The van der Waals surface area contributed by atoms with E-state index in [1.165, 1.54) is 16.8 Å². The summed E-state index contributed by atoms with van der Waals surface area (Å²) in [6.07, 6.45) is 0. The Balaban J connectivity index is 2.25. The highest BCUT2D eigenvalue weighted by molar-refractivity contribution is 5.90. The van der Waals surface area contributed by atoms with Crippen LogP contribution in [0.1, 0.15) is 10.5 Å². The van der Waals surface area contributed by atoms with E-state index in [-0.39, 0.29) is 11.5 Å². The molecule has 0 saturated carbocycles. The van der Waals surface area contributed by atoms with Crippen LogP contribution >= 0.6 is 0 Å². The van der Waals surface area contributed by atoms with Gasteiger partial charge in [-0.25, -0.2) is 9.18 Å². The van der Waals surface area contributed by atoms with Gasteiger partial charge in [0.25, 0.3) is 0 Å². The van der Waals surface area contributed by atoms with Crippen LogP contribution in [-0.2, 0) is 14.1 Å². The molecule has 0 aliphatic carbocycles. The van der Waals surface area contributed by atoms with Crippen LogP contribution in [0.3, 0.4) is 0 Å². The number of halogens is 1. The monoisotopic (exact) mass is 273 g/mol. The fourth-order valence-electron chi connectivity index (χ4n) is 2.36. The molecule has 0 fully saturated rings. The molecular weight excluding hydrogens is 261 g/mol. The van der Waals surface area contributed by atoms with Crippen molar-refractivity contribution in [3.63, 3.8) is 0 Å². The first-order chi connectivity index (χ1) is 9.49. The lowest BCUT2D eigenvalue weighted by molar-refractivity contribution is 0.0685. The zero-order chi connectivity index (χ0) is 14.4. The molecule has 1 N–H and O–H groups in total. The molecule has 0 amide bonds. The molecule has 0 radical (unpaired) electrons. The first-order valence-corrected chi connectivity index (χ1v) is 6.00. The third-order valence-corrected chi connectivity index (χ3v) is 3.40. The molecule has 0 aliphatic rings. The van der Waals surface area contributed by atoms with E-state index < -0.39 is 5.97 Å². The molecule has 3 aromatic rings. The lowest BCUT2D eigenvalue weighted by atomic mass is 10.2. The molecule has 0 unspecified atom stereocenters. The number of aryl methyl sites for hydroxylation is 2. The van der Waals surface area contributed by atoms with Crippen LogP contribution < -0.4 is 0 Å². The summed E-state index contributed by atoms with van der Waals surface area (Å²) >= 11 is 0. The summed E-state index contributed by atoms with van der Waals surface area (Å²) < 4.78 is 16.9. The minimum atomic E-state index is -1.05. The van der Waals surface area contributed by atoms with Gasteiger partial charge in [-0.05, 0) is 18.2 Å². The van der Waals surface area contributed by atoms with E-state index >= 15 is 0 Å². The second kappa shape index (κ2) is 4.19. The van der Waals surface area contributed by atoms with E-state index in [0.29, 0.717) is 16.8 Å². The van der Waals surface area contributed by atoms with Gasteiger partial charge in [0.1, 0.15) is 17.2 Å². The van der Waals surface area contributed by atoms with Gasteiger partial charge in [-0.1, -0.05) is 6.07 Å². The second-order valence-corrected chi connectivity index (χ2v) is 4.60. The van der Waals surface area contributed by atoms with Crippen LogP contribution in [-0.4, -0.2) is 25.4 Å². The Morgan fingerprint density at radius 3 is 2.65 bits per heavy atom. The van der Waals surface area contributed by atoms with Crippen LogP contribution in [0.4, 0.5) is 4.39 Å². The van der Waals surface area contributed by atoms with Gasteiger partial charge in [-0.3, -0.25) is 4.68 Å². The lowest BCUT2D eigenvalue weighted by Crippen LogP contribution is -2.04. The minimum absolute atomic E-state index is 0.0886. The highest BCUT2D eigenvalue weighted by Crippen LogP contribution is 2.28. The number of carbonyl (C=O) groups is 1. The van der Waals surface area contributed by atoms with Gasteiger partial charge < -0.3 is 9.67 Å². The second-order valence-electron chi connectivity index (χ2n) is 4.60. The maximum Gasteiger partial charge on any atom is 0.354 e. The smallest absolute Gasteiger partial charge is 0.354 e. The molecule has 0 saturated heterocycles. The zero-order valence-electron chi connectivity index (χ0n) is 11.0. The number of nitrogens with zero attached hydrogens (tertiary/aromatic N) is 3. The molecule has 0 aliphatic heterocycles. The van der Waals surface area contributed by atoms with E-state index in [2.05, 4.69) is 5.10 Å². The number of fused-ring (bicyclic) bond motifs is 1. The predicted octanol–water partition coefficient (Wildman–Crippen LogP) is 2.42. The number of carboxylic acids is 1. The van der Waals surface area contributed by atoms with E-state index in [1.54, 1.807) is 30.8 Å². The third kappa shape index (κ3) is 1.69. The van der Waals surface area contributed by atoms with Crippen molar-refractivity contribution in [3.05, 3.63) is 41.8 Å². The summed E-state index contributed by atoms with van der Waals surface area (Å²) in [5.74, 6) is -1.35. The summed E-state index contributed by atoms with van der Waals surface area (Å²) in [5, 5.41) is 13.7. The van der Waals surface area contributed by atoms with Crippen LogP contribution in [0, 0.1) is 5.82 Å². The van der Waals surface area contributed by atoms with Crippen LogP contribution in [0.25, 0.3) is 22.3 Å². The van der Waals surface area contributed by atoms with Gasteiger partial charge >= 0.3 is 5.97 Å². The molecule has 6 heteroatoms. The maximum absolute atomic E-state index is 13.8. The van der Waals surface area contributed by atoms with Crippen molar-refractivity contribution in [2.45, 2.75) is 0 Å². The van der Waals surface area contributed by atoms with Gasteiger partial charge in [-0.2, -0.15) is 5.10 Å². The van der Waals surface area contributed by atoms with Crippen molar-refractivity contribution in [1.29, 1.82) is 0 Å². The summed E-state index contributed by atoms with van der Waals surface area (Å²) in [7, 11) is 3.36. The number of hydrogen-bond acceptors (Lipinski definition) is 2. The maximum atomic E-state index is 13.8. The number of carboxylic acid groups (broad SMARTS) is 1. The summed E-state index contributed by atoms with van der Waals surface area (Å²) in [6, 6.07) is 8.01. The van der Waals surface area contributed by atoms with E-state index in [0.717, 1.165) is 5.52 Å². The van der Waals surface area contributed by atoms with Gasteiger partial charge in [0.05, 0.1) is 11.2 Å². The Labute approximate surface area is 113 Å². The van der Waals surface area contributed by atoms with Crippen molar-refractivity contribution in [1.82, 2.24) is 14.3 Å². The number of aromatic nitrogens is 3. The van der Waals surface area contributed by atoms with E-state index in [1.807, 2.05) is 6.07 Å². The molecule has 2 heterocycles. The molecule has 3 rings (SSSR count). The normalized spacial score (nSPS) is 11.2. The summed E-state index contributed by atoms with van der Waals surface area (Å²) in [6.45, 7) is 0. The van der Waals surface area contributed by atoms with Gasteiger partial charge in [0.15, 0.2) is 0 Å². The molecule has 20 heavy (non-hydrogen) atoms. The van der Waals surface area contributed by atoms with Crippen LogP contribution in [0.15, 0.2) is 30.3 Å². The fourth-order valence-corrected chi connectivity index (χ4v) is 2.36. The first kappa shape index (κ1) is 12.4. The highest BCUT2D eigenvalue weighted by atomic mass is 19.1. The van der Waals surface area contributed by atoms with E-state index in [9.17, 15) is 9.18 Å². The molecule has 2 aromatic heterocycles. The Hall–Kier alpha value is -2.63. The molecule has 102 valence electrons. The molecular formula is C14H12FN3O2. The standard InChI is InChI=1S/C14H12FN3O2/c1-17-11-5-3-4-9(15)8(11)6-12(17)10-7-13(14(19)20)18(2)16-10/h3-7H,1-2H3,(H,19,20). The Morgan fingerprint density at radius 2 is 2.05 bits per heavy atom. The number of rotatable bonds is 2. The zero-order valence-corrected chi connectivity index (χ0v) is 11.0. The lowest BCUT2D eigenvalue weighted by Gasteiger charge is -2.00. The Bertz CT molecular complexity index is 832. The fraction of sp³-hybridized carbons (Fsp3) is 0.143. The predicted molar refractivity (Wildman–Crippen MR) is 72.0 cm³/mol. The van der Waals surface area contributed by atoms with Crippen molar-refractivity contribution >= 4 is 16.9 Å². The Kier molecular flexibility index (Phi) is 2.60. The average Bonchev–Trinajstić information content (AvgIpc) is 2.92. The third-order valence-electron chi connectivity index (χ3n) is 3.40. The number of aromatic carboxylic acids is 1. The SMILES string of the molecule is Cn1nc(-c2cc3c(F)cccc3n2C)cc1C(=O)O. The highest BCUT2D eigenvalue weighted by Gasteiger charge is 2.17. The van der Waals surface area contributed by atoms with Crippen molar-refractivity contribution in [2.24, 2.45) is 14.1 Å². The van der Waals surface area contributed by atoms with Gasteiger partial charge in [0.2, 0.25) is 0 Å². The topological polar surface area (TPSA) is 60.0 Å². The van der Waals surface area contributed by atoms with Crippen molar-refractivity contribution in [2.75, 3.05) is 0 Å². The Morgan fingerprint density at radius 1 is 1.30 bits per heavy atom. The van der Waals surface area contributed by atoms with Crippen LogP contribution in [0.2, 0.25) is 0 Å². The molecule has 5 nitrogen and oxygen atoms in total. The molecule has 0 bridgehead atoms. The first-order valence-electron chi connectivity index (χ1n) is 6.00. The summed E-state index contributed by atoms with van der Waals surface area (Å²) in [5.41, 5.74) is 2.00. The minimum Gasteiger partial charge on any atom is -0.477 e. The largest absolute Gasteiger partial charge is 0.477 e. The number of hydrogen-bond donors (Lipinski definition) is 1. The van der Waals surface area contributed by atoms with Gasteiger partial charge in [0, 0.05) is 25.5 Å². The quantitative estimate of drug-likeness (QED) is 0.780. The number of benzene rings is 1. The van der Waals surface area contributed by atoms with E-state index in [4.69, 9.17) is 5.11 Å². The van der Waals surface area contributed by atoms with Crippen molar-refractivity contribution in [3.8, 4) is 11.4 Å². The molecule has 0 spiro atoms. The molecule has 1 aromatic carbocycles. The van der Waals surface area contributed by atoms with Crippen LogP contribution in [0.5, 0.6) is 0 Å². The molecule has 0 atom stereocenters. The van der Waals surface area contributed by atoms with Crippen molar-refractivity contribution < 1.29 is 14.3 Å². The average molecular weight is 273 g/mol. The van der Waals surface area contributed by atoms with Gasteiger partial charge in [-0.15, -0.1) is 0 Å². The summed E-state index contributed by atoms with van der Waals surface area (Å²) in [4.78, 5) is 11.0.